The Morgan fingerprint density at radius 1 is 1.12 bits per heavy atom. The molecule has 0 saturated carbocycles. The van der Waals surface area contributed by atoms with E-state index in [1.807, 2.05) is 19.1 Å². The molecule has 3 rings (SSSR count). The molecular weight excluding hydrogens is 352 g/mol. The molecule has 140 valence electrons. The van der Waals surface area contributed by atoms with Crippen LogP contribution in [0.1, 0.15) is 31.2 Å². The molecule has 2 heterocycles. The van der Waals surface area contributed by atoms with Crippen LogP contribution < -0.4 is 14.8 Å². The summed E-state index contributed by atoms with van der Waals surface area (Å²) in [5.74, 6) is 1.14. The Bertz CT molecular complexity index is 699. The van der Waals surface area contributed by atoms with Gasteiger partial charge in [0.25, 0.3) is 5.91 Å². The van der Waals surface area contributed by atoms with Crippen LogP contribution in [-0.4, -0.2) is 47.3 Å². The molecule has 0 atom stereocenters. The van der Waals surface area contributed by atoms with Crippen molar-refractivity contribution in [3.05, 3.63) is 29.3 Å². The highest BCUT2D eigenvalue weighted by atomic mass is 32.1. The van der Waals surface area contributed by atoms with Gasteiger partial charge >= 0.3 is 0 Å². The summed E-state index contributed by atoms with van der Waals surface area (Å²) in [4.78, 5) is 14.4. The number of hydrogen-bond donors (Lipinski definition) is 1. The van der Waals surface area contributed by atoms with E-state index in [9.17, 15) is 4.79 Å². The van der Waals surface area contributed by atoms with Gasteiger partial charge < -0.3 is 9.47 Å². The SMILES string of the molecule is CCOc1ccc(OCC(=O)Nc2nnc(CN3CCCCC3)s2)cc1. The van der Waals surface area contributed by atoms with Crippen molar-refractivity contribution in [2.45, 2.75) is 32.7 Å². The number of carbonyl (C=O) groups is 1. The van der Waals surface area contributed by atoms with Crippen molar-refractivity contribution in [2.75, 3.05) is 31.6 Å². The number of likely N-dealkylation sites (tertiary alicyclic amines) is 1. The first-order valence-electron chi connectivity index (χ1n) is 8.93. The Hall–Kier alpha value is -2.19. The minimum Gasteiger partial charge on any atom is -0.494 e. The van der Waals surface area contributed by atoms with Crippen LogP contribution in [0.3, 0.4) is 0 Å². The van der Waals surface area contributed by atoms with Gasteiger partial charge in [0.2, 0.25) is 5.13 Å². The first-order valence-corrected chi connectivity index (χ1v) is 9.75. The maximum atomic E-state index is 12.0. The number of nitrogens with zero attached hydrogens (tertiary/aromatic N) is 3. The van der Waals surface area contributed by atoms with Gasteiger partial charge in [-0.3, -0.25) is 15.0 Å². The maximum absolute atomic E-state index is 12.0. The first kappa shape index (κ1) is 18.6. The number of anilines is 1. The summed E-state index contributed by atoms with van der Waals surface area (Å²) in [5.41, 5.74) is 0. The zero-order valence-electron chi connectivity index (χ0n) is 14.9. The van der Waals surface area contributed by atoms with Crippen LogP contribution in [0.5, 0.6) is 11.5 Å². The highest BCUT2D eigenvalue weighted by Gasteiger charge is 2.14. The Morgan fingerprint density at radius 3 is 2.50 bits per heavy atom. The largest absolute Gasteiger partial charge is 0.494 e. The molecule has 1 aromatic heterocycles. The molecule has 1 aliphatic rings. The van der Waals surface area contributed by atoms with Crippen LogP contribution in [0.2, 0.25) is 0 Å². The van der Waals surface area contributed by atoms with Crippen molar-refractivity contribution in [1.82, 2.24) is 15.1 Å². The van der Waals surface area contributed by atoms with Crippen molar-refractivity contribution in [3.8, 4) is 11.5 Å². The van der Waals surface area contributed by atoms with Crippen molar-refractivity contribution in [2.24, 2.45) is 0 Å². The van der Waals surface area contributed by atoms with Gasteiger partial charge in [-0.25, -0.2) is 0 Å². The van der Waals surface area contributed by atoms with E-state index < -0.39 is 0 Å². The summed E-state index contributed by atoms with van der Waals surface area (Å²) >= 11 is 1.42. The number of hydrogen-bond acceptors (Lipinski definition) is 7. The predicted molar refractivity (Wildman–Crippen MR) is 101 cm³/mol. The highest BCUT2D eigenvalue weighted by Crippen LogP contribution is 2.20. The van der Waals surface area contributed by atoms with Crippen LogP contribution in [0, 0.1) is 0 Å². The third-order valence-electron chi connectivity index (χ3n) is 4.03. The fourth-order valence-corrected chi connectivity index (χ4v) is 3.58. The third-order valence-corrected chi connectivity index (χ3v) is 4.85. The van der Waals surface area contributed by atoms with E-state index in [0.29, 0.717) is 17.5 Å². The summed E-state index contributed by atoms with van der Waals surface area (Å²) < 4.78 is 10.9. The molecule has 1 saturated heterocycles. The van der Waals surface area contributed by atoms with Gasteiger partial charge in [0.05, 0.1) is 13.2 Å². The number of ether oxygens (including phenoxy) is 2. The van der Waals surface area contributed by atoms with Crippen LogP contribution in [0.4, 0.5) is 5.13 Å². The van der Waals surface area contributed by atoms with E-state index in [1.165, 1.54) is 30.6 Å². The molecule has 0 radical (unpaired) electrons. The lowest BCUT2D eigenvalue weighted by Gasteiger charge is -2.24. The summed E-state index contributed by atoms with van der Waals surface area (Å²) in [5, 5.41) is 12.4. The molecule has 1 aromatic carbocycles. The van der Waals surface area contributed by atoms with Crippen molar-refractivity contribution < 1.29 is 14.3 Å². The minimum atomic E-state index is -0.250. The maximum Gasteiger partial charge on any atom is 0.264 e. The van der Waals surface area contributed by atoms with Gasteiger partial charge in [0.15, 0.2) is 6.61 Å². The molecule has 7 nitrogen and oxygen atoms in total. The van der Waals surface area contributed by atoms with Crippen LogP contribution in [0.15, 0.2) is 24.3 Å². The molecule has 1 fully saturated rings. The van der Waals surface area contributed by atoms with E-state index in [0.717, 1.165) is 30.4 Å². The first-order chi connectivity index (χ1) is 12.7. The fraction of sp³-hybridized carbons (Fsp3) is 0.500. The highest BCUT2D eigenvalue weighted by molar-refractivity contribution is 7.15. The van der Waals surface area contributed by atoms with E-state index in [-0.39, 0.29) is 12.5 Å². The average Bonchev–Trinajstić information content (AvgIpc) is 3.09. The Morgan fingerprint density at radius 2 is 1.81 bits per heavy atom. The molecule has 8 heteroatoms. The zero-order valence-corrected chi connectivity index (χ0v) is 15.8. The van der Waals surface area contributed by atoms with E-state index in [1.54, 1.807) is 12.1 Å². The number of rotatable bonds is 8. The third kappa shape index (κ3) is 5.67. The number of amides is 1. The second kappa shape index (κ2) is 9.49. The lowest BCUT2D eigenvalue weighted by atomic mass is 10.1. The van der Waals surface area contributed by atoms with Crippen LogP contribution in [-0.2, 0) is 11.3 Å². The van der Waals surface area contributed by atoms with E-state index in [2.05, 4.69) is 20.4 Å². The average molecular weight is 376 g/mol. The molecule has 26 heavy (non-hydrogen) atoms. The standard InChI is InChI=1S/C18H24N4O3S/c1-2-24-14-6-8-15(9-7-14)25-13-16(23)19-18-21-20-17(26-18)12-22-10-4-3-5-11-22/h6-9H,2-5,10-13H2,1H3,(H,19,21,23). The van der Waals surface area contributed by atoms with Crippen LogP contribution in [0.25, 0.3) is 0 Å². The summed E-state index contributed by atoms with van der Waals surface area (Å²) in [7, 11) is 0. The van der Waals surface area contributed by atoms with Crippen molar-refractivity contribution in [1.29, 1.82) is 0 Å². The lowest BCUT2D eigenvalue weighted by Crippen LogP contribution is -2.28. The van der Waals surface area contributed by atoms with Crippen molar-refractivity contribution >= 4 is 22.4 Å². The summed E-state index contributed by atoms with van der Waals surface area (Å²) in [6.45, 7) is 5.49. The predicted octanol–water partition coefficient (Wildman–Crippen LogP) is 2.94. The monoisotopic (exact) mass is 376 g/mol. The number of aromatic nitrogens is 2. The van der Waals surface area contributed by atoms with Gasteiger partial charge in [-0.15, -0.1) is 10.2 Å². The van der Waals surface area contributed by atoms with Gasteiger partial charge in [-0.05, 0) is 57.1 Å². The minimum absolute atomic E-state index is 0.0744. The molecule has 0 aliphatic carbocycles. The normalized spacial score (nSPS) is 14.8. The second-order valence-electron chi connectivity index (χ2n) is 6.08. The molecule has 0 spiro atoms. The smallest absolute Gasteiger partial charge is 0.264 e. The summed E-state index contributed by atoms with van der Waals surface area (Å²) in [6.07, 6.45) is 3.79. The topological polar surface area (TPSA) is 76.6 Å². The molecule has 2 aromatic rings. The van der Waals surface area contributed by atoms with Gasteiger partial charge in [0.1, 0.15) is 16.5 Å². The van der Waals surface area contributed by atoms with E-state index >= 15 is 0 Å². The Labute approximate surface area is 157 Å². The van der Waals surface area contributed by atoms with Gasteiger partial charge in [0, 0.05) is 0 Å². The molecule has 0 bridgehead atoms. The molecule has 1 N–H and O–H groups in total. The second-order valence-corrected chi connectivity index (χ2v) is 7.14. The Kier molecular flexibility index (Phi) is 6.79. The lowest BCUT2D eigenvalue weighted by molar-refractivity contribution is -0.118. The van der Waals surface area contributed by atoms with E-state index in [4.69, 9.17) is 9.47 Å². The number of piperidine rings is 1. The molecular formula is C18H24N4O3S. The van der Waals surface area contributed by atoms with Gasteiger partial charge in [-0.1, -0.05) is 17.8 Å². The quantitative estimate of drug-likeness (QED) is 0.763. The zero-order chi connectivity index (χ0) is 18.2. The van der Waals surface area contributed by atoms with Gasteiger partial charge in [-0.2, -0.15) is 0 Å². The Balaban J connectivity index is 1.43. The fourth-order valence-electron chi connectivity index (χ4n) is 2.78. The molecule has 1 amide bonds. The number of benzene rings is 1. The van der Waals surface area contributed by atoms with Crippen molar-refractivity contribution in [3.63, 3.8) is 0 Å². The molecule has 1 aliphatic heterocycles. The van der Waals surface area contributed by atoms with Crippen LogP contribution >= 0.6 is 11.3 Å². The number of carbonyl (C=O) groups excluding carboxylic acids is 1. The summed E-state index contributed by atoms with van der Waals surface area (Å²) in [6, 6.07) is 7.18. The number of nitrogens with one attached hydrogen (secondary N) is 1. The molecule has 0 unspecified atom stereocenters.